The van der Waals surface area contributed by atoms with E-state index in [2.05, 4.69) is 157 Å². The summed E-state index contributed by atoms with van der Waals surface area (Å²) in [5.74, 6) is 3.18. The molecule has 9 saturated heterocycles. The number of carbonyl (C=O) groups is 2. The maximum Gasteiger partial charge on any atom is 1.00 e. The number of benzene rings is 2. The van der Waals surface area contributed by atoms with Gasteiger partial charge in [-0.05, 0) is 140 Å². The molecule has 20 N–H and O–H groups in total. The molecule has 0 aromatic heterocycles. The van der Waals surface area contributed by atoms with Crippen molar-refractivity contribution in [3.63, 3.8) is 0 Å². The molecule has 40 nitrogen and oxygen atoms in total. The molecule has 9 fully saturated rings. The third-order valence-corrected chi connectivity index (χ3v) is 24.4. The quantitative estimate of drug-likeness (QED) is 0.0196. The second-order valence-electron chi connectivity index (χ2n) is 35.9. The number of hydrogen-bond acceptors (Lipinski definition) is 39. The van der Waals surface area contributed by atoms with E-state index in [1.54, 1.807) is 45.2 Å². The van der Waals surface area contributed by atoms with E-state index in [0.29, 0.717) is 67.9 Å². The van der Waals surface area contributed by atoms with E-state index in [4.69, 9.17) is 169 Å². The van der Waals surface area contributed by atoms with Gasteiger partial charge in [-0.25, -0.2) is 0 Å². The van der Waals surface area contributed by atoms with E-state index in [-0.39, 0.29) is 147 Å². The maximum absolute atomic E-state index is 10.5. The predicted octanol–water partition coefficient (Wildman–Crippen LogP) is 4.59. The number of methoxy groups -OCH3 is 1. The van der Waals surface area contributed by atoms with Crippen LogP contribution in [0.4, 0.5) is 0 Å². The number of carbonyl (C=O) groups excluding carboxylic acids is 2. The Kier molecular flexibility index (Phi) is 90.5. The molecule has 50 heteroatoms. The summed E-state index contributed by atoms with van der Waals surface area (Å²) < 4.78 is 117. The molecular weight excluding hydrogens is 2380 g/mol. The van der Waals surface area contributed by atoms with Gasteiger partial charge in [-0.1, -0.05) is 198 Å². The minimum Gasteiger partial charge on any atom is -1.00 e. The molecule has 2 radical (unpaired) electrons. The van der Waals surface area contributed by atoms with Crippen molar-refractivity contribution in [1.82, 2.24) is 0 Å². The van der Waals surface area contributed by atoms with Crippen molar-refractivity contribution in [2.45, 2.75) is 324 Å². The Morgan fingerprint density at radius 2 is 0.804 bits per heavy atom. The first-order valence-electron chi connectivity index (χ1n) is 47.2. The summed E-state index contributed by atoms with van der Waals surface area (Å²) >= 11 is 29.3. The first-order chi connectivity index (χ1) is 68.1. The smallest absolute Gasteiger partial charge is 1.00 e. The van der Waals surface area contributed by atoms with Crippen LogP contribution >= 0.6 is 73.9 Å². The molecule has 35 atom stereocenters. The van der Waals surface area contributed by atoms with Gasteiger partial charge in [0, 0.05) is 83.5 Å². The van der Waals surface area contributed by atoms with Crippen LogP contribution in [0.1, 0.15) is 144 Å². The largest absolute Gasteiger partial charge is 1.00 e. The molecular formula is C98H171BBrCl5NNaO39SU. The molecule has 0 saturated carbocycles. The number of fused-ring (bicyclic) bond motifs is 1. The van der Waals surface area contributed by atoms with Crippen LogP contribution in [0.3, 0.4) is 0 Å². The number of ether oxygens (including phenoxy) is 16. The molecule has 858 valence electrons. The summed E-state index contributed by atoms with van der Waals surface area (Å²) in [6.07, 6.45) is -14.8. The number of rotatable bonds is 17. The van der Waals surface area contributed by atoms with Crippen LogP contribution in [0.5, 0.6) is 0 Å². The van der Waals surface area contributed by atoms with E-state index in [1.165, 1.54) is 62.8 Å². The molecule has 0 amide bonds. The summed E-state index contributed by atoms with van der Waals surface area (Å²) in [5, 5.41) is 170. The van der Waals surface area contributed by atoms with Crippen molar-refractivity contribution >= 4 is 109 Å². The fourth-order valence-corrected chi connectivity index (χ4v) is 13.4. The van der Waals surface area contributed by atoms with Gasteiger partial charge >= 0.3 is 29.6 Å². The van der Waals surface area contributed by atoms with Gasteiger partial charge in [0.25, 0.3) is 13.9 Å². The number of aliphatic hydroxyl groups is 18. The van der Waals surface area contributed by atoms with Crippen LogP contribution in [0.25, 0.3) is 0 Å². The Labute approximate surface area is 958 Å². The predicted molar refractivity (Wildman–Crippen MR) is 559 cm³/mol. The van der Waals surface area contributed by atoms with E-state index in [0.717, 1.165) is 17.5 Å². The molecule has 0 bridgehead atoms. The number of alkyl halides is 4. The van der Waals surface area contributed by atoms with Gasteiger partial charge in [-0.2, -0.15) is 8.42 Å². The fraction of sp³-hybridized carbons (Fsp3) is 0.724. The average molecular weight is 2550 g/mol. The number of hydrogen-bond donors (Lipinski definition) is 20. The van der Waals surface area contributed by atoms with Crippen LogP contribution in [-0.4, -0.2) is 386 Å². The van der Waals surface area contributed by atoms with Gasteiger partial charge in [0.2, 0.25) is 22.7 Å². The molecule has 9 aliphatic heterocycles. The standard InChI is InChI=1S/C12H20O5.C11H20O2.C10H16Cl3NO2.C9H16O5.C8H14O5.C8H16O2.C7H7Br.C7H8O3S.C6H12O5.C5H10O5.C5H12O.2C3H6O.2C2H3ClO.BH.Na.U.H/c1-5-6-14-11-10-9(8(13)7(2)15-11)16-12(3,4)17-10;1-5-6-12-11-10(4)9(3)8(2)7-13-11;1-5-4-15-8(7(3)6(5)2)16-9(14)10(11,12)13;1-3-4-13-9-8(12)7(11)6(10)5(2)14-9;1-2-3-12-8-7(11)6(10)5(9)4-13-8;1-5-4-10-8(9)7(3)6(5)2;8-6-7-4-2-1-3-5-7;1-6-2-4-7(5-3-6)11(8,9)10;1-2-3(7)4(8)5(9)6(10)11-2;6-2-1-10-5(9)4(8)3(2)7;1-5(2,3)6-4;2*1-2-3-4;2*1-2(3)4;;;;/h5,7-11,13H,1,6H2,2-4H3;5,8-11H,1,6-7H2,2-4H3;5-8,14H,4H2,1-3H3;3,5-12H,1,4H2,2H3;2,5-11H,1,3-4H2;5-9H,4H2,1-3H3;1-5H,6H2;2-5H,1H3,(H,8,9,10);2-10H,1H3;2-9H,1H2;1-4H3;2*2,4H,1,3H2;2*1H3;1H;;;/q;;;;;;;;;;;;;;;;+1;;-1/t7?,8-,9?,10?,11+;8-,9+,10?,11?;5-,6+,7?,8-;5?,6-,7?,8?,9+;2*5-,6+,7?,8?;;;2?,3-,4?,5?,6?;2-,3+,4?,5?;;;;;;;;;/m011011..01........./s1/i;;;;;;;;;;;;;;;1D;;;. The number of halogens is 6. The van der Waals surface area contributed by atoms with Crippen molar-refractivity contribution in [3.05, 3.63) is 142 Å². The second-order valence-corrected chi connectivity index (χ2v) is 41.3. The molecule has 9 heterocycles. The van der Waals surface area contributed by atoms with Crippen molar-refractivity contribution < 1.29 is 252 Å². The van der Waals surface area contributed by atoms with Crippen LogP contribution in [0, 0.1) is 96.7 Å². The Balaban J connectivity index is -0.000000243. The van der Waals surface area contributed by atoms with E-state index < -0.39 is 173 Å². The normalized spacial score (nSPS) is 33.3. The summed E-state index contributed by atoms with van der Waals surface area (Å²) in [4.78, 5) is 18.4. The van der Waals surface area contributed by atoms with Crippen molar-refractivity contribution in [2.75, 3.05) is 79.8 Å². The Bertz CT molecular complexity index is 3790. The maximum atomic E-state index is 10.5. The van der Waals surface area contributed by atoms with Gasteiger partial charge in [-0.3, -0.25) is 19.6 Å². The number of nitrogens with one attached hydrogen (secondary N) is 1. The molecule has 11 rings (SSSR count). The van der Waals surface area contributed by atoms with Gasteiger partial charge in [0.1, 0.15) is 91.6 Å². The van der Waals surface area contributed by atoms with E-state index in [9.17, 15) is 53.8 Å². The number of aryl methyl sites for hydroxylation is 1. The zero-order chi connectivity index (χ0) is 115. The molecule has 9 aliphatic rings. The minimum atomic E-state index is -4.02. The Hall–Kier alpha value is -1.67. The molecule has 0 spiro atoms. The summed E-state index contributed by atoms with van der Waals surface area (Å²) in [6.45, 7) is 62.4. The van der Waals surface area contributed by atoms with E-state index in [1.807, 2.05) is 73.6 Å². The SMILES string of the molecule is BrCc1ccccc1.C=CCO.C=CCO.C=CCOC1OC[C@@H](C)[C@H](C)C1C.C=CCOC1OC[C@@H](O)[C@H](O)C1O.C=CCO[C@@H]1OC(C)[C@H](O)C(O)C1O.C=CCO[C@@H]1OC(C)[C@H](O)C2OC(C)(C)OC21.CC(=O)Cl.CC(=O)Cl.CC1C(O)OC[C@@H](C)[C@@H]1C.CC1OC(O)C(O)C(O)[C@H]1O.CC1[C@@H](OC(=N)C(Cl)(Cl)Cl)OC[C@@H](C)[C@@H]1C.COC(C)(C)C.Cc1ccc(S(=O)(=O)O)cc1.OC1OC[C@@H](O)[C@H](O)C1O.[2H][B].[H-].[Na+].[U]. The van der Waals surface area contributed by atoms with Gasteiger partial charge in [0.15, 0.2) is 49.8 Å². The first kappa shape index (κ1) is 157. The molecule has 2 aromatic carbocycles. The van der Waals surface area contributed by atoms with Gasteiger partial charge in [-0.15, -0.1) is 39.5 Å². The molecule has 2 aromatic rings. The Morgan fingerprint density at radius 1 is 0.480 bits per heavy atom. The van der Waals surface area contributed by atoms with Crippen LogP contribution < -0.4 is 29.6 Å². The van der Waals surface area contributed by atoms with Crippen LogP contribution in [0.2, 0.25) is 0 Å². The molecule has 19 unspecified atom stereocenters. The summed E-state index contributed by atoms with van der Waals surface area (Å²) in [5.41, 5.74) is 2.32. The zero-order valence-electron chi connectivity index (χ0n) is 91.0. The monoisotopic (exact) mass is 2540 g/mol. The molecule has 148 heavy (non-hydrogen) atoms. The van der Waals surface area contributed by atoms with Crippen molar-refractivity contribution in [3.8, 4) is 0 Å². The van der Waals surface area contributed by atoms with Crippen molar-refractivity contribution in [1.29, 1.82) is 6.74 Å². The van der Waals surface area contributed by atoms with Crippen LogP contribution in [-0.2, 0) is 101 Å². The Morgan fingerprint density at radius 3 is 1.19 bits per heavy atom. The number of aliphatic hydroxyl groups excluding tert-OH is 18. The van der Waals surface area contributed by atoms with Gasteiger partial charge in [0.05, 0.1) is 101 Å². The topological polar surface area (TPSA) is 624 Å². The fourth-order valence-electron chi connectivity index (χ4n) is 12.4. The third kappa shape index (κ3) is 67.0. The van der Waals surface area contributed by atoms with Crippen molar-refractivity contribution in [2.24, 2.45) is 53.3 Å². The average Bonchev–Trinajstić information content (AvgIpc) is 1.62. The minimum absolute atomic E-state index is 0. The summed E-state index contributed by atoms with van der Waals surface area (Å²) in [7, 11) is 1.44. The zero-order valence-corrected chi connectivity index (χ0v) is 101. The third-order valence-electron chi connectivity index (χ3n) is 22.4. The second kappa shape index (κ2) is 85.4. The van der Waals surface area contributed by atoms with Gasteiger partial charge < -0.3 is 169 Å². The first-order valence-corrected chi connectivity index (χ1v) is 51.1. The summed E-state index contributed by atoms with van der Waals surface area (Å²) in [6, 6.07) is 16.3. The van der Waals surface area contributed by atoms with Crippen LogP contribution in [0.15, 0.2) is 135 Å². The van der Waals surface area contributed by atoms with E-state index >= 15 is 0 Å². The molecule has 0 aliphatic carbocycles.